The Morgan fingerprint density at radius 1 is 1.06 bits per heavy atom. The summed E-state index contributed by atoms with van der Waals surface area (Å²) in [7, 11) is -3.08. The van der Waals surface area contributed by atoms with Gasteiger partial charge in [-0.15, -0.1) is 0 Å². The standard InChI is InChI=1S/C11H14O5Si/c1-8(12)15-17(3,16-9(2)13)11-6-4-10(14)5-7-11/h4-7,14H,1-3H3. The van der Waals surface area contributed by atoms with E-state index in [0.29, 0.717) is 5.19 Å². The average Bonchev–Trinajstić information content (AvgIpc) is 2.15. The fraction of sp³-hybridized carbons (Fsp3) is 0.273. The molecular weight excluding hydrogens is 240 g/mol. The zero-order valence-electron chi connectivity index (χ0n) is 9.89. The van der Waals surface area contributed by atoms with Crippen molar-refractivity contribution in [3.8, 4) is 5.75 Å². The molecule has 92 valence electrons. The molecule has 6 heteroatoms. The first-order valence-electron chi connectivity index (χ1n) is 5.02. The largest absolute Gasteiger partial charge is 0.508 e. The number of carbonyl (C=O) groups is 2. The van der Waals surface area contributed by atoms with E-state index >= 15 is 0 Å². The molecule has 0 spiro atoms. The molecule has 0 aliphatic rings. The Hall–Kier alpha value is -1.82. The van der Waals surface area contributed by atoms with Crippen LogP contribution in [0.2, 0.25) is 6.55 Å². The molecule has 0 aliphatic heterocycles. The molecule has 0 heterocycles. The number of hydrogen-bond donors (Lipinski definition) is 1. The van der Waals surface area contributed by atoms with Gasteiger partial charge in [0.25, 0.3) is 11.9 Å². The van der Waals surface area contributed by atoms with Gasteiger partial charge in [0.05, 0.1) is 0 Å². The Balaban J connectivity index is 3.08. The van der Waals surface area contributed by atoms with E-state index in [1.165, 1.54) is 26.0 Å². The normalized spacial score (nSPS) is 10.8. The Morgan fingerprint density at radius 2 is 1.47 bits per heavy atom. The summed E-state index contributed by atoms with van der Waals surface area (Å²) in [6, 6.07) is 6.06. The van der Waals surface area contributed by atoms with Gasteiger partial charge in [0.2, 0.25) is 0 Å². The van der Waals surface area contributed by atoms with E-state index in [0.717, 1.165) is 0 Å². The van der Waals surface area contributed by atoms with Gasteiger partial charge in [-0.3, -0.25) is 9.59 Å². The number of aromatic hydroxyl groups is 1. The third kappa shape index (κ3) is 3.60. The van der Waals surface area contributed by atoms with E-state index in [4.69, 9.17) is 8.85 Å². The zero-order chi connectivity index (χ0) is 13.1. The first-order valence-corrected chi connectivity index (χ1v) is 7.34. The van der Waals surface area contributed by atoms with E-state index in [-0.39, 0.29) is 5.75 Å². The topological polar surface area (TPSA) is 72.8 Å². The quantitative estimate of drug-likeness (QED) is 0.808. The molecule has 1 aromatic carbocycles. The van der Waals surface area contributed by atoms with Crippen LogP contribution in [0.3, 0.4) is 0 Å². The summed E-state index contributed by atoms with van der Waals surface area (Å²) < 4.78 is 10.3. The number of hydrogen-bond acceptors (Lipinski definition) is 5. The van der Waals surface area contributed by atoms with Crippen LogP contribution in [0, 0.1) is 0 Å². The number of benzene rings is 1. The van der Waals surface area contributed by atoms with Crippen LogP contribution in [-0.2, 0) is 18.4 Å². The van der Waals surface area contributed by atoms with Crippen LogP contribution >= 0.6 is 0 Å². The molecule has 5 nitrogen and oxygen atoms in total. The second-order valence-electron chi connectivity index (χ2n) is 3.68. The second-order valence-corrected chi connectivity index (χ2v) is 6.56. The summed E-state index contributed by atoms with van der Waals surface area (Å²) in [5.74, 6) is -0.919. The minimum absolute atomic E-state index is 0.0933. The van der Waals surface area contributed by atoms with Crippen molar-refractivity contribution in [2.45, 2.75) is 20.4 Å². The van der Waals surface area contributed by atoms with Gasteiger partial charge in [-0.25, -0.2) is 0 Å². The molecule has 0 aliphatic carbocycles. The van der Waals surface area contributed by atoms with Crippen molar-refractivity contribution in [3.05, 3.63) is 24.3 Å². The fourth-order valence-electron chi connectivity index (χ4n) is 1.45. The summed E-state index contributed by atoms with van der Waals surface area (Å²) in [6.07, 6.45) is 0. The lowest BCUT2D eigenvalue weighted by Gasteiger charge is -2.25. The van der Waals surface area contributed by atoms with Gasteiger partial charge < -0.3 is 14.0 Å². The number of carbonyl (C=O) groups excluding carboxylic acids is 2. The molecule has 0 saturated heterocycles. The van der Waals surface area contributed by atoms with Gasteiger partial charge >= 0.3 is 8.56 Å². The highest BCUT2D eigenvalue weighted by Gasteiger charge is 2.40. The van der Waals surface area contributed by atoms with Gasteiger partial charge in [0.1, 0.15) is 5.75 Å². The Kier molecular flexibility index (Phi) is 3.90. The molecule has 0 fully saturated rings. The number of phenolic OH excluding ortho intramolecular Hbond substituents is 1. The van der Waals surface area contributed by atoms with Crippen molar-refractivity contribution in [1.29, 1.82) is 0 Å². The van der Waals surface area contributed by atoms with Gasteiger partial charge in [-0.2, -0.15) is 0 Å². The van der Waals surface area contributed by atoms with Crippen LogP contribution in [0.15, 0.2) is 24.3 Å². The van der Waals surface area contributed by atoms with Crippen molar-refractivity contribution in [2.75, 3.05) is 0 Å². The van der Waals surface area contributed by atoms with Crippen molar-refractivity contribution in [1.82, 2.24) is 0 Å². The maximum atomic E-state index is 11.1. The molecular formula is C11H14O5Si. The highest BCUT2D eigenvalue weighted by atomic mass is 28.4. The first-order chi connectivity index (χ1) is 7.83. The van der Waals surface area contributed by atoms with E-state index in [9.17, 15) is 14.7 Å². The third-order valence-electron chi connectivity index (χ3n) is 2.07. The minimum Gasteiger partial charge on any atom is -0.508 e. The lowest BCUT2D eigenvalue weighted by molar-refractivity contribution is -0.138. The smallest absolute Gasteiger partial charge is 0.496 e. The maximum Gasteiger partial charge on any atom is 0.496 e. The highest BCUT2D eigenvalue weighted by Crippen LogP contribution is 2.12. The van der Waals surface area contributed by atoms with Crippen LogP contribution < -0.4 is 5.19 Å². The summed E-state index contributed by atoms with van der Waals surface area (Å²) in [5, 5.41) is 9.78. The van der Waals surface area contributed by atoms with Gasteiger partial charge in [0.15, 0.2) is 0 Å². The zero-order valence-corrected chi connectivity index (χ0v) is 10.9. The maximum absolute atomic E-state index is 11.1. The van der Waals surface area contributed by atoms with Crippen molar-refractivity contribution in [3.63, 3.8) is 0 Å². The molecule has 17 heavy (non-hydrogen) atoms. The molecule has 0 amide bonds. The predicted molar refractivity (Wildman–Crippen MR) is 62.9 cm³/mol. The molecule has 1 rings (SSSR count). The van der Waals surface area contributed by atoms with Gasteiger partial charge in [-0.1, -0.05) is 12.1 Å². The number of rotatable bonds is 3. The van der Waals surface area contributed by atoms with Gasteiger partial charge in [-0.05, 0) is 12.1 Å². The van der Waals surface area contributed by atoms with Crippen molar-refractivity contribution >= 4 is 25.7 Å². The summed E-state index contributed by atoms with van der Waals surface area (Å²) in [4.78, 5) is 22.1. The molecule has 0 radical (unpaired) electrons. The van der Waals surface area contributed by atoms with Crippen LogP contribution in [0.5, 0.6) is 5.75 Å². The first kappa shape index (κ1) is 13.2. The molecule has 1 aromatic rings. The summed E-state index contributed by atoms with van der Waals surface area (Å²) in [5.41, 5.74) is 0. The van der Waals surface area contributed by atoms with Crippen LogP contribution in [0.1, 0.15) is 13.8 Å². The number of phenols is 1. The van der Waals surface area contributed by atoms with Crippen LogP contribution in [0.25, 0.3) is 0 Å². The molecule has 1 N–H and O–H groups in total. The van der Waals surface area contributed by atoms with Crippen LogP contribution in [0.4, 0.5) is 0 Å². The summed E-state index contributed by atoms with van der Waals surface area (Å²) in [6.45, 7) is 4.12. The molecule has 0 bridgehead atoms. The fourth-order valence-corrected chi connectivity index (χ4v) is 3.60. The Morgan fingerprint density at radius 3 is 1.82 bits per heavy atom. The molecule has 0 aromatic heterocycles. The average molecular weight is 254 g/mol. The molecule has 0 unspecified atom stereocenters. The lowest BCUT2D eigenvalue weighted by atomic mass is 10.3. The Labute approximate surface area is 100 Å². The Bertz CT molecular complexity index is 410. The highest BCUT2D eigenvalue weighted by molar-refractivity contribution is 6.82. The molecule has 0 atom stereocenters. The molecule has 0 saturated carbocycles. The van der Waals surface area contributed by atoms with Crippen LogP contribution in [-0.4, -0.2) is 25.6 Å². The SMILES string of the molecule is CC(=O)O[Si](C)(OC(C)=O)c1ccc(O)cc1. The van der Waals surface area contributed by atoms with E-state index in [2.05, 4.69) is 0 Å². The van der Waals surface area contributed by atoms with Gasteiger partial charge in [0, 0.05) is 25.6 Å². The summed E-state index contributed by atoms with van der Waals surface area (Å²) >= 11 is 0. The second kappa shape index (κ2) is 5.01. The van der Waals surface area contributed by atoms with E-state index < -0.39 is 20.5 Å². The lowest BCUT2D eigenvalue weighted by Crippen LogP contribution is -2.52. The van der Waals surface area contributed by atoms with E-state index in [1.54, 1.807) is 18.7 Å². The van der Waals surface area contributed by atoms with Crippen molar-refractivity contribution in [2.24, 2.45) is 0 Å². The monoisotopic (exact) mass is 254 g/mol. The minimum atomic E-state index is -3.08. The van der Waals surface area contributed by atoms with E-state index in [1.807, 2.05) is 0 Å². The third-order valence-corrected chi connectivity index (χ3v) is 4.80. The predicted octanol–water partition coefficient (Wildman–Crippen LogP) is 0.797. The van der Waals surface area contributed by atoms with Crippen molar-refractivity contribution < 1.29 is 23.5 Å².